The molecule has 89 heavy (non-hydrogen) atoms. The minimum absolute atomic E-state index is 0.177. The molecule has 2 atom stereocenters. The Morgan fingerprint density at radius 2 is 0.607 bits per heavy atom. The average molecular weight is 1250 g/mol. The molecule has 0 aromatic carbocycles. The van der Waals surface area contributed by atoms with Gasteiger partial charge < -0.3 is 28.5 Å². The van der Waals surface area contributed by atoms with Crippen molar-refractivity contribution in [3.63, 3.8) is 0 Å². The molecule has 0 bridgehead atoms. The van der Waals surface area contributed by atoms with Crippen LogP contribution in [0.4, 0.5) is 0 Å². The minimum atomic E-state index is -1.51. The summed E-state index contributed by atoms with van der Waals surface area (Å²) >= 11 is 0. The molecule has 522 valence electrons. The lowest BCUT2D eigenvalue weighted by Gasteiger charge is -2.25. The van der Waals surface area contributed by atoms with Gasteiger partial charge in [-0.1, -0.05) is 345 Å². The van der Waals surface area contributed by atoms with Crippen LogP contribution in [0.2, 0.25) is 0 Å². The third-order valence-corrected chi connectivity index (χ3v) is 17.6. The number of hydrogen-bond donors (Lipinski definition) is 1. The number of carboxylic acid groups (broad SMARTS) is 1. The molecule has 9 heteroatoms. The first-order valence-electron chi connectivity index (χ1n) is 38.8. The molecule has 2 unspecified atom stereocenters. The van der Waals surface area contributed by atoms with E-state index in [-0.39, 0.29) is 38.2 Å². The highest BCUT2D eigenvalue weighted by Crippen LogP contribution is 2.19. The smallest absolute Gasteiger partial charge is 0.361 e. The number of carbonyl (C=O) groups is 3. The highest BCUT2D eigenvalue weighted by Gasteiger charge is 2.25. The van der Waals surface area contributed by atoms with Gasteiger partial charge in [0.1, 0.15) is 13.2 Å². The second kappa shape index (κ2) is 71.1. The van der Waals surface area contributed by atoms with Crippen molar-refractivity contribution in [1.82, 2.24) is 0 Å². The molecular weight excluding hydrogens is 1100 g/mol. The van der Waals surface area contributed by atoms with Crippen molar-refractivity contribution in [3.8, 4) is 0 Å². The summed E-state index contributed by atoms with van der Waals surface area (Å²) in [5.74, 6) is -1.98. The Morgan fingerprint density at radius 3 is 0.888 bits per heavy atom. The Hall–Kier alpha value is -2.75. The van der Waals surface area contributed by atoms with E-state index in [1.807, 2.05) is 21.1 Å². The van der Waals surface area contributed by atoms with Crippen molar-refractivity contribution in [1.29, 1.82) is 0 Å². The van der Waals surface area contributed by atoms with Gasteiger partial charge in [-0.15, -0.1) is 0 Å². The van der Waals surface area contributed by atoms with Crippen molar-refractivity contribution in [2.24, 2.45) is 0 Å². The van der Waals surface area contributed by atoms with E-state index >= 15 is 0 Å². The largest absolute Gasteiger partial charge is 0.477 e. The van der Waals surface area contributed by atoms with Crippen LogP contribution in [0.25, 0.3) is 0 Å². The summed E-state index contributed by atoms with van der Waals surface area (Å²) in [6.45, 7) is 4.93. The van der Waals surface area contributed by atoms with Gasteiger partial charge in [0.05, 0.1) is 34.4 Å². The van der Waals surface area contributed by atoms with E-state index in [1.54, 1.807) is 0 Å². The summed E-state index contributed by atoms with van der Waals surface area (Å²) < 4.78 is 23.1. The van der Waals surface area contributed by atoms with E-state index in [2.05, 4.69) is 62.5 Å². The van der Waals surface area contributed by atoms with Gasteiger partial charge in [0.15, 0.2) is 6.10 Å². The van der Waals surface area contributed by atoms with E-state index in [9.17, 15) is 19.5 Å². The number of ether oxygens (including phenoxy) is 4. The Labute approximate surface area is 553 Å². The third-order valence-electron chi connectivity index (χ3n) is 17.6. The van der Waals surface area contributed by atoms with Gasteiger partial charge >= 0.3 is 17.9 Å². The zero-order valence-corrected chi connectivity index (χ0v) is 59.9. The fraction of sp³-hybridized carbons (Fsp3) is 0.863. The Morgan fingerprint density at radius 1 is 0.337 bits per heavy atom. The summed E-state index contributed by atoms with van der Waals surface area (Å²) in [6, 6.07) is 0. The predicted octanol–water partition coefficient (Wildman–Crippen LogP) is 24.5. The van der Waals surface area contributed by atoms with Crippen molar-refractivity contribution in [2.75, 3.05) is 47.5 Å². The van der Waals surface area contributed by atoms with Crippen molar-refractivity contribution < 1.29 is 42.9 Å². The fourth-order valence-corrected chi connectivity index (χ4v) is 11.6. The van der Waals surface area contributed by atoms with Crippen LogP contribution in [-0.2, 0) is 33.3 Å². The molecule has 0 spiro atoms. The number of unbranched alkanes of at least 4 members (excludes halogenated alkanes) is 50. The molecule has 0 aromatic rings. The van der Waals surface area contributed by atoms with Crippen LogP contribution in [-0.4, -0.2) is 87.4 Å². The van der Waals surface area contributed by atoms with Crippen LogP contribution in [0, 0.1) is 0 Å². The normalized spacial score (nSPS) is 12.9. The summed E-state index contributed by atoms with van der Waals surface area (Å²) in [4.78, 5) is 37.7. The van der Waals surface area contributed by atoms with Crippen molar-refractivity contribution in [2.45, 2.75) is 399 Å². The maximum atomic E-state index is 13.0. The zero-order valence-electron chi connectivity index (χ0n) is 59.9. The van der Waals surface area contributed by atoms with Gasteiger partial charge in [0.25, 0.3) is 6.29 Å². The number of quaternary nitrogens is 1. The predicted molar refractivity (Wildman–Crippen MR) is 383 cm³/mol. The number of likely N-dealkylation sites (N-methyl/N-ethyl adjacent to an activating group) is 1. The first kappa shape index (κ1) is 86.2. The van der Waals surface area contributed by atoms with Crippen LogP contribution in [0.5, 0.6) is 0 Å². The molecule has 0 saturated carbocycles. The molecule has 0 rings (SSSR count). The van der Waals surface area contributed by atoms with Crippen molar-refractivity contribution in [3.05, 3.63) is 48.6 Å². The molecule has 0 aliphatic heterocycles. The molecule has 0 aliphatic rings. The summed E-state index contributed by atoms with van der Waals surface area (Å²) in [5, 5.41) is 9.77. The quantitative estimate of drug-likeness (QED) is 0.0211. The molecule has 9 nitrogen and oxygen atoms in total. The van der Waals surface area contributed by atoms with E-state index in [4.69, 9.17) is 18.9 Å². The van der Waals surface area contributed by atoms with Gasteiger partial charge in [0.2, 0.25) is 0 Å². The van der Waals surface area contributed by atoms with Gasteiger partial charge in [-0.3, -0.25) is 9.59 Å². The molecule has 0 aliphatic carbocycles. The average Bonchev–Trinajstić information content (AvgIpc) is 3.64. The molecule has 0 radical (unpaired) electrons. The van der Waals surface area contributed by atoms with E-state index in [0.717, 1.165) is 51.4 Å². The maximum Gasteiger partial charge on any atom is 0.361 e. The van der Waals surface area contributed by atoms with Gasteiger partial charge in [0, 0.05) is 12.8 Å². The van der Waals surface area contributed by atoms with Gasteiger partial charge in [-0.2, -0.15) is 0 Å². The number of aliphatic carboxylic acids is 1. The SMILES string of the molecule is CCCCCCC/C=C\C/C=C\CCCCCCCCCCCCCCCCCCCCCCCCCC(=O)OC(COC(=O)CCCCCCCCCCCCCCCCCCC/C=C\C/C=C\CCCCCCC)COC(OCC[N+](C)(C)C)C(=O)O. The monoisotopic (exact) mass is 1250 g/mol. The Kier molecular flexibility index (Phi) is 68.9. The van der Waals surface area contributed by atoms with Crippen LogP contribution in [0.1, 0.15) is 386 Å². The first-order chi connectivity index (χ1) is 43.6. The number of hydrogen-bond acceptors (Lipinski definition) is 7. The lowest BCUT2D eigenvalue weighted by Crippen LogP contribution is -2.40. The second-order valence-electron chi connectivity index (χ2n) is 27.7. The molecule has 0 saturated heterocycles. The van der Waals surface area contributed by atoms with Crippen LogP contribution >= 0.6 is 0 Å². The highest BCUT2D eigenvalue weighted by atomic mass is 16.7. The van der Waals surface area contributed by atoms with Gasteiger partial charge in [-0.25, -0.2) is 4.79 Å². The molecule has 1 N–H and O–H groups in total. The molecule has 0 heterocycles. The summed E-state index contributed by atoms with van der Waals surface area (Å²) in [5.41, 5.74) is 0. The van der Waals surface area contributed by atoms with Crippen LogP contribution < -0.4 is 0 Å². The summed E-state index contributed by atoms with van der Waals surface area (Å²) in [7, 11) is 6.00. The van der Waals surface area contributed by atoms with Crippen LogP contribution in [0.15, 0.2) is 48.6 Å². The molecule has 0 aromatic heterocycles. The van der Waals surface area contributed by atoms with Crippen LogP contribution in [0.3, 0.4) is 0 Å². The third kappa shape index (κ3) is 72.5. The van der Waals surface area contributed by atoms with E-state index in [1.165, 1.54) is 308 Å². The van der Waals surface area contributed by atoms with Crippen molar-refractivity contribution >= 4 is 17.9 Å². The standard InChI is InChI=1S/C80H149NO8/c1-6-8-10-12-14-16-18-20-22-24-26-28-30-32-34-36-37-38-39-40-41-43-45-47-49-51-53-55-57-59-61-63-65-67-69-71-78(83)89-76(75-88-80(79(84)85)86-73-72-81(3,4)5)74-87-77(82)70-68-66-64-62-60-58-56-54-52-50-48-46-44-42-35-33-31-29-27-25-23-21-19-17-15-13-11-9-7-2/h18-21,24-27,76,80H,6-17,22-23,28-75H2,1-5H3/p+1/b20-18-,21-19-,26-24-,27-25-. The summed E-state index contributed by atoms with van der Waals surface area (Å²) in [6.07, 6.45) is 89.7. The minimum Gasteiger partial charge on any atom is -0.477 e. The molecule has 0 amide bonds. The Bertz CT molecular complexity index is 1600. The number of esters is 2. The van der Waals surface area contributed by atoms with E-state index in [0.29, 0.717) is 17.4 Å². The van der Waals surface area contributed by atoms with E-state index < -0.39 is 18.4 Å². The second-order valence-corrected chi connectivity index (χ2v) is 27.7. The number of allylic oxidation sites excluding steroid dienone is 8. The zero-order chi connectivity index (χ0) is 64.7. The Balaban J connectivity index is 4.00. The highest BCUT2D eigenvalue weighted by molar-refractivity contribution is 5.71. The number of carboxylic acids is 1. The first-order valence-corrected chi connectivity index (χ1v) is 38.8. The lowest BCUT2D eigenvalue weighted by molar-refractivity contribution is -0.870. The topological polar surface area (TPSA) is 108 Å². The number of rotatable bonds is 73. The molecule has 0 fully saturated rings. The lowest BCUT2D eigenvalue weighted by atomic mass is 10.0. The number of nitrogens with zero attached hydrogens (tertiary/aromatic N) is 1. The fourth-order valence-electron chi connectivity index (χ4n) is 11.6. The molecular formula is C80H150NO8+. The maximum absolute atomic E-state index is 13.0. The van der Waals surface area contributed by atoms with Gasteiger partial charge in [-0.05, 0) is 77.0 Å². The number of carbonyl (C=O) groups excluding carboxylic acids is 2.